The van der Waals surface area contributed by atoms with Crippen molar-refractivity contribution in [2.45, 2.75) is 13.0 Å². The predicted octanol–water partition coefficient (Wildman–Crippen LogP) is -1.63. The normalized spacial score (nSPS) is 24.3. The Hall–Kier alpha value is -1.68. The minimum Gasteiger partial charge on any atom is -0.338 e. The van der Waals surface area contributed by atoms with Crippen LogP contribution < -0.4 is 0 Å². The number of hydrogen-bond donors (Lipinski definition) is 0. The Balaban J connectivity index is 1.98. The van der Waals surface area contributed by atoms with Crippen molar-refractivity contribution in [2.24, 2.45) is 0 Å². The van der Waals surface area contributed by atoms with Gasteiger partial charge in [-0.05, 0) is 6.92 Å². The van der Waals surface area contributed by atoms with Crippen LogP contribution in [-0.4, -0.2) is 97.3 Å². The second kappa shape index (κ2) is 5.84. The van der Waals surface area contributed by atoms with Crippen molar-refractivity contribution in [3.63, 3.8) is 0 Å². The molecule has 124 valence electrons. The van der Waals surface area contributed by atoms with Crippen LogP contribution in [0.15, 0.2) is 0 Å². The highest BCUT2D eigenvalue weighted by atomic mass is 32.2. The summed E-state index contributed by atoms with van der Waals surface area (Å²) in [5.74, 6) is -0.749. The van der Waals surface area contributed by atoms with E-state index in [2.05, 4.69) is 0 Å². The molecular weight excluding hydrogens is 312 g/mol. The summed E-state index contributed by atoms with van der Waals surface area (Å²) in [4.78, 5) is 39.3. The fourth-order valence-corrected chi connectivity index (χ4v) is 3.85. The average molecular weight is 332 g/mol. The molecule has 2 saturated heterocycles. The number of carbonyl (C=O) groups excluding carboxylic acids is 3. The molecule has 0 aromatic rings. The van der Waals surface area contributed by atoms with Crippen molar-refractivity contribution in [3.05, 3.63) is 0 Å². The Labute approximate surface area is 129 Å². The SMILES string of the molecule is C[C@H]1CN(C(=O)CN2C(=O)CN(C)C2=O)CCN1S(C)(=O)=O. The first-order chi connectivity index (χ1) is 10.1. The summed E-state index contributed by atoms with van der Waals surface area (Å²) in [6.45, 7) is 2.12. The molecule has 0 radical (unpaired) electrons. The summed E-state index contributed by atoms with van der Waals surface area (Å²) in [6, 6.07) is -0.818. The van der Waals surface area contributed by atoms with E-state index in [0.29, 0.717) is 0 Å². The van der Waals surface area contributed by atoms with E-state index >= 15 is 0 Å². The Morgan fingerprint density at radius 2 is 1.91 bits per heavy atom. The Bertz CT molecular complexity index is 605. The van der Waals surface area contributed by atoms with Crippen LogP contribution in [0.2, 0.25) is 0 Å². The molecule has 10 heteroatoms. The number of piperazine rings is 1. The second-order valence-electron chi connectivity index (χ2n) is 5.68. The molecule has 9 nitrogen and oxygen atoms in total. The number of nitrogens with zero attached hydrogens (tertiary/aromatic N) is 4. The van der Waals surface area contributed by atoms with E-state index in [0.717, 1.165) is 11.2 Å². The van der Waals surface area contributed by atoms with E-state index in [1.54, 1.807) is 6.92 Å². The summed E-state index contributed by atoms with van der Waals surface area (Å²) in [7, 11) is -1.80. The second-order valence-corrected chi connectivity index (χ2v) is 7.62. The molecule has 2 heterocycles. The zero-order valence-electron chi connectivity index (χ0n) is 12.9. The van der Waals surface area contributed by atoms with Gasteiger partial charge < -0.3 is 9.80 Å². The quantitative estimate of drug-likeness (QED) is 0.578. The Kier molecular flexibility index (Phi) is 4.43. The van der Waals surface area contributed by atoms with Crippen LogP contribution in [0.1, 0.15) is 6.92 Å². The highest BCUT2D eigenvalue weighted by Gasteiger charge is 2.37. The molecule has 0 N–H and O–H groups in total. The standard InChI is InChI=1S/C12H20N4O5S/c1-9-6-14(4-5-16(9)22(3,20)21)10(17)8-15-11(18)7-13(2)12(15)19/h9H,4-8H2,1-3H3/t9-/m0/s1. The maximum Gasteiger partial charge on any atom is 0.327 e. The van der Waals surface area contributed by atoms with Crippen molar-refractivity contribution in [1.82, 2.24) is 19.0 Å². The van der Waals surface area contributed by atoms with Gasteiger partial charge in [0.2, 0.25) is 15.9 Å². The molecule has 2 rings (SSSR count). The van der Waals surface area contributed by atoms with Crippen LogP contribution in [0.4, 0.5) is 4.79 Å². The summed E-state index contributed by atoms with van der Waals surface area (Å²) in [5, 5.41) is 0. The number of likely N-dealkylation sites (N-methyl/N-ethyl adjacent to an activating group) is 1. The smallest absolute Gasteiger partial charge is 0.327 e. The molecule has 22 heavy (non-hydrogen) atoms. The minimum absolute atomic E-state index is 0.0234. The zero-order chi connectivity index (χ0) is 16.7. The predicted molar refractivity (Wildman–Crippen MR) is 77.3 cm³/mol. The van der Waals surface area contributed by atoms with Crippen LogP contribution >= 0.6 is 0 Å². The molecule has 0 saturated carbocycles. The van der Waals surface area contributed by atoms with Crippen LogP contribution in [0.3, 0.4) is 0 Å². The van der Waals surface area contributed by atoms with Crippen LogP contribution in [-0.2, 0) is 19.6 Å². The van der Waals surface area contributed by atoms with Gasteiger partial charge in [0.15, 0.2) is 0 Å². The fraction of sp³-hybridized carbons (Fsp3) is 0.750. The number of carbonyl (C=O) groups is 3. The van der Waals surface area contributed by atoms with Crippen molar-refractivity contribution in [3.8, 4) is 0 Å². The molecule has 0 bridgehead atoms. The van der Waals surface area contributed by atoms with Gasteiger partial charge in [0, 0.05) is 32.7 Å². The third-order valence-electron chi connectivity index (χ3n) is 3.87. The monoisotopic (exact) mass is 332 g/mol. The maximum absolute atomic E-state index is 12.2. The van der Waals surface area contributed by atoms with Gasteiger partial charge in [-0.2, -0.15) is 4.31 Å². The number of hydrogen-bond acceptors (Lipinski definition) is 5. The van der Waals surface area contributed by atoms with Crippen LogP contribution in [0, 0.1) is 0 Å². The summed E-state index contributed by atoms with van der Waals surface area (Å²) < 4.78 is 24.5. The topological polar surface area (TPSA) is 98.3 Å². The molecule has 0 aromatic heterocycles. The average Bonchev–Trinajstić information content (AvgIpc) is 2.63. The van der Waals surface area contributed by atoms with Gasteiger partial charge in [-0.3, -0.25) is 14.5 Å². The van der Waals surface area contributed by atoms with Gasteiger partial charge in [-0.15, -0.1) is 0 Å². The number of imide groups is 1. The van der Waals surface area contributed by atoms with Gasteiger partial charge >= 0.3 is 6.03 Å². The summed E-state index contributed by atoms with van der Waals surface area (Å²) in [6.07, 6.45) is 1.14. The van der Waals surface area contributed by atoms with Crippen molar-refractivity contribution in [1.29, 1.82) is 0 Å². The van der Waals surface area contributed by atoms with Crippen molar-refractivity contribution < 1.29 is 22.8 Å². The first-order valence-electron chi connectivity index (χ1n) is 6.91. The fourth-order valence-electron chi connectivity index (χ4n) is 2.72. The summed E-state index contributed by atoms with van der Waals surface area (Å²) in [5.41, 5.74) is 0. The van der Waals surface area contributed by atoms with E-state index in [4.69, 9.17) is 0 Å². The highest BCUT2D eigenvalue weighted by molar-refractivity contribution is 7.88. The molecule has 0 aromatic carbocycles. The van der Waals surface area contributed by atoms with E-state index < -0.39 is 22.0 Å². The van der Waals surface area contributed by atoms with Crippen LogP contribution in [0.5, 0.6) is 0 Å². The lowest BCUT2D eigenvalue weighted by Gasteiger charge is -2.38. The number of urea groups is 1. The minimum atomic E-state index is -3.30. The Morgan fingerprint density at radius 1 is 1.27 bits per heavy atom. The van der Waals surface area contributed by atoms with Gasteiger partial charge in [0.1, 0.15) is 13.1 Å². The first-order valence-corrected chi connectivity index (χ1v) is 8.76. The molecular formula is C12H20N4O5S. The number of amides is 4. The highest BCUT2D eigenvalue weighted by Crippen LogP contribution is 2.14. The largest absolute Gasteiger partial charge is 0.338 e. The van der Waals surface area contributed by atoms with Gasteiger partial charge in [-0.25, -0.2) is 13.2 Å². The van der Waals surface area contributed by atoms with E-state index in [1.165, 1.54) is 21.2 Å². The lowest BCUT2D eigenvalue weighted by atomic mass is 10.2. The lowest BCUT2D eigenvalue weighted by molar-refractivity contribution is -0.137. The van der Waals surface area contributed by atoms with E-state index in [1.807, 2.05) is 0 Å². The van der Waals surface area contributed by atoms with E-state index in [9.17, 15) is 22.8 Å². The lowest BCUT2D eigenvalue weighted by Crippen LogP contribution is -2.56. The van der Waals surface area contributed by atoms with Crippen molar-refractivity contribution >= 4 is 27.9 Å². The third-order valence-corrected chi connectivity index (χ3v) is 5.26. The third kappa shape index (κ3) is 3.22. The number of sulfonamides is 1. The molecule has 2 fully saturated rings. The Morgan fingerprint density at radius 3 is 2.36 bits per heavy atom. The molecule has 4 amide bonds. The maximum atomic E-state index is 12.2. The van der Waals surface area contributed by atoms with Gasteiger partial charge in [0.05, 0.1) is 6.26 Å². The van der Waals surface area contributed by atoms with Gasteiger partial charge in [-0.1, -0.05) is 0 Å². The van der Waals surface area contributed by atoms with Gasteiger partial charge in [0.25, 0.3) is 5.91 Å². The molecule has 2 aliphatic rings. The zero-order valence-corrected chi connectivity index (χ0v) is 13.7. The molecule has 0 aliphatic carbocycles. The summed E-state index contributed by atoms with van der Waals surface area (Å²) >= 11 is 0. The molecule has 0 unspecified atom stereocenters. The van der Waals surface area contributed by atoms with Crippen molar-refractivity contribution in [2.75, 3.05) is 46.0 Å². The molecule has 1 atom stereocenters. The van der Waals surface area contributed by atoms with E-state index in [-0.39, 0.29) is 44.7 Å². The first kappa shape index (κ1) is 16.7. The molecule has 2 aliphatic heterocycles. The van der Waals surface area contributed by atoms with Crippen LogP contribution in [0.25, 0.3) is 0 Å². The number of rotatable bonds is 3. The molecule has 0 spiro atoms.